The van der Waals surface area contributed by atoms with E-state index in [1.54, 1.807) is 20.5 Å². The summed E-state index contributed by atoms with van der Waals surface area (Å²) >= 11 is 1.47. The molecular weight excluding hydrogens is 426 g/mol. The second-order valence-corrected chi connectivity index (χ2v) is 8.61. The Morgan fingerprint density at radius 2 is 2.00 bits per heavy atom. The van der Waals surface area contributed by atoms with Crippen LogP contribution in [0.3, 0.4) is 0 Å². The largest absolute Gasteiger partial charge is 0.493 e. The van der Waals surface area contributed by atoms with E-state index < -0.39 is 0 Å². The Hall–Kier alpha value is -3.32. The number of ether oxygens (including phenoxy) is 3. The first-order chi connectivity index (χ1) is 15.7. The van der Waals surface area contributed by atoms with Gasteiger partial charge in [0.1, 0.15) is 17.2 Å². The van der Waals surface area contributed by atoms with E-state index in [0.717, 1.165) is 39.9 Å². The molecule has 0 bridgehead atoms. The third-order valence-corrected chi connectivity index (χ3v) is 6.69. The first-order valence-electron chi connectivity index (χ1n) is 10.5. The number of rotatable bonds is 7. The SMILES string of the molecule is COc1cccc(-c2nc(COC(=O)Cc3coc4cc5c(cc34)CCC5)cs2)c1OC. The summed E-state index contributed by atoms with van der Waals surface area (Å²) < 4.78 is 22.1. The molecule has 0 aliphatic heterocycles. The van der Waals surface area contributed by atoms with Crippen molar-refractivity contribution >= 4 is 28.3 Å². The van der Waals surface area contributed by atoms with Crippen LogP contribution in [-0.2, 0) is 35.4 Å². The first-order valence-corrected chi connectivity index (χ1v) is 11.4. The van der Waals surface area contributed by atoms with Gasteiger partial charge in [-0.15, -0.1) is 11.3 Å². The van der Waals surface area contributed by atoms with E-state index in [1.807, 2.05) is 23.6 Å². The zero-order chi connectivity index (χ0) is 22.1. The fraction of sp³-hybridized carbons (Fsp3) is 0.280. The monoisotopic (exact) mass is 449 g/mol. The summed E-state index contributed by atoms with van der Waals surface area (Å²) in [7, 11) is 3.20. The average molecular weight is 450 g/mol. The third-order valence-electron chi connectivity index (χ3n) is 5.77. The standard InChI is InChI=1S/C25H23NO5S/c1-28-21-8-4-7-19(24(21)29-2)25-26-18(14-32-25)13-31-23(27)11-17-12-30-22-10-16-6-3-5-15(16)9-20(17)22/h4,7-10,12,14H,3,5-6,11,13H2,1-2H3. The lowest BCUT2D eigenvalue weighted by molar-refractivity contribution is -0.144. The van der Waals surface area contributed by atoms with Crippen molar-refractivity contribution in [3.05, 3.63) is 64.4 Å². The Balaban J connectivity index is 1.26. The van der Waals surface area contributed by atoms with Crippen LogP contribution in [-0.4, -0.2) is 25.2 Å². The maximum absolute atomic E-state index is 12.5. The fourth-order valence-corrected chi connectivity index (χ4v) is 5.02. The van der Waals surface area contributed by atoms with Crippen molar-refractivity contribution in [2.75, 3.05) is 14.2 Å². The number of fused-ring (bicyclic) bond motifs is 2. The molecule has 1 aliphatic rings. The summed E-state index contributed by atoms with van der Waals surface area (Å²) in [6, 6.07) is 9.93. The number of nitrogens with zero attached hydrogens (tertiary/aromatic N) is 1. The van der Waals surface area contributed by atoms with E-state index in [0.29, 0.717) is 17.2 Å². The van der Waals surface area contributed by atoms with Crippen LogP contribution in [0.25, 0.3) is 21.5 Å². The number of thiazole rings is 1. The van der Waals surface area contributed by atoms with Gasteiger partial charge in [0, 0.05) is 16.3 Å². The summed E-state index contributed by atoms with van der Waals surface area (Å²) in [5.41, 5.74) is 5.94. The number of benzene rings is 2. The van der Waals surface area contributed by atoms with Gasteiger partial charge in [-0.2, -0.15) is 0 Å². The second kappa shape index (κ2) is 8.67. The zero-order valence-corrected chi connectivity index (χ0v) is 18.8. The van der Waals surface area contributed by atoms with E-state index in [2.05, 4.69) is 17.1 Å². The summed E-state index contributed by atoms with van der Waals surface area (Å²) in [5.74, 6) is 0.971. The molecule has 1 aliphatic carbocycles. The summed E-state index contributed by atoms with van der Waals surface area (Å²) in [6.07, 6.45) is 5.20. The molecule has 0 saturated carbocycles. The molecule has 7 heteroatoms. The average Bonchev–Trinajstić information content (AvgIpc) is 3.55. The van der Waals surface area contributed by atoms with Gasteiger partial charge in [-0.3, -0.25) is 4.79 Å². The Labute approximate surface area is 189 Å². The molecule has 0 amide bonds. The van der Waals surface area contributed by atoms with Crippen LogP contribution in [0.4, 0.5) is 0 Å². The van der Waals surface area contributed by atoms with Gasteiger partial charge in [0.25, 0.3) is 0 Å². The first kappa shape index (κ1) is 20.6. The molecular formula is C25H23NO5S. The predicted octanol–water partition coefficient (Wildman–Crippen LogP) is 5.35. The molecule has 0 atom stereocenters. The Kier molecular flexibility index (Phi) is 5.57. The number of para-hydroxylation sites is 1. The van der Waals surface area contributed by atoms with Crippen LogP contribution in [0.15, 0.2) is 46.4 Å². The summed E-state index contributed by atoms with van der Waals surface area (Å²) in [5, 5.41) is 3.67. The number of furan rings is 1. The molecule has 2 aromatic heterocycles. The number of esters is 1. The highest BCUT2D eigenvalue weighted by molar-refractivity contribution is 7.13. The molecule has 5 rings (SSSR count). The van der Waals surface area contributed by atoms with Crippen LogP contribution < -0.4 is 9.47 Å². The van der Waals surface area contributed by atoms with Gasteiger partial charge in [0.15, 0.2) is 11.5 Å². The van der Waals surface area contributed by atoms with Crippen molar-refractivity contribution in [3.8, 4) is 22.1 Å². The fourth-order valence-electron chi connectivity index (χ4n) is 4.20. The molecule has 0 spiro atoms. The van der Waals surface area contributed by atoms with Gasteiger partial charge in [-0.25, -0.2) is 4.98 Å². The van der Waals surface area contributed by atoms with Crippen LogP contribution in [0.2, 0.25) is 0 Å². The van der Waals surface area contributed by atoms with E-state index in [-0.39, 0.29) is 19.0 Å². The number of methoxy groups -OCH3 is 2. The van der Waals surface area contributed by atoms with Crippen LogP contribution >= 0.6 is 11.3 Å². The molecule has 0 saturated heterocycles. The minimum Gasteiger partial charge on any atom is -0.493 e. The predicted molar refractivity (Wildman–Crippen MR) is 122 cm³/mol. The number of hydrogen-bond donors (Lipinski definition) is 0. The van der Waals surface area contributed by atoms with Crippen molar-refractivity contribution < 1.29 is 23.4 Å². The summed E-state index contributed by atoms with van der Waals surface area (Å²) in [6.45, 7) is 0.118. The van der Waals surface area contributed by atoms with Crippen molar-refractivity contribution in [2.45, 2.75) is 32.3 Å². The lowest BCUT2D eigenvalue weighted by Crippen LogP contribution is -2.08. The normalized spacial score (nSPS) is 12.7. The smallest absolute Gasteiger partial charge is 0.310 e. The topological polar surface area (TPSA) is 70.8 Å². The van der Waals surface area contributed by atoms with Crippen molar-refractivity contribution in [1.29, 1.82) is 0 Å². The molecule has 6 nitrogen and oxygen atoms in total. The van der Waals surface area contributed by atoms with E-state index in [1.165, 1.54) is 28.9 Å². The van der Waals surface area contributed by atoms with Gasteiger partial charge in [-0.1, -0.05) is 6.07 Å². The van der Waals surface area contributed by atoms with Crippen molar-refractivity contribution in [3.63, 3.8) is 0 Å². The van der Waals surface area contributed by atoms with Crippen LogP contribution in [0.1, 0.15) is 28.8 Å². The Morgan fingerprint density at radius 1 is 1.16 bits per heavy atom. The molecule has 0 radical (unpaired) electrons. The number of carbonyl (C=O) groups excluding carboxylic acids is 1. The number of aromatic nitrogens is 1. The van der Waals surface area contributed by atoms with Gasteiger partial charge >= 0.3 is 5.97 Å². The molecule has 0 fully saturated rings. The maximum atomic E-state index is 12.5. The summed E-state index contributed by atoms with van der Waals surface area (Å²) in [4.78, 5) is 17.1. The molecule has 164 valence electrons. The quantitative estimate of drug-likeness (QED) is 0.354. The highest BCUT2D eigenvalue weighted by Gasteiger charge is 2.18. The van der Waals surface area contributed by atoms with E-state index >= 15 is 0 Å². The number of hydrogen-bond acceptors (Lipinski definition) is 7. The van der Waals surface area contributed by atoms with Crippen LogP contribution in [0.5, 0.6) is 11.5 Å². The van der Waals surface area contributed by atoms with Gasteiger partial charge in [-0.05, 0) is 54.7 Å². The third kappa shape index (κ3) is 3.84. The lowest BCUT2D eigenvalue weighted by atomic mass is 10.0. The Morgan fingerprint density at radius 3 is 2.81 bits per heavy atom. The zero-order valence-electron chi connectivity index (χ0n) is 18.0. The van der Waals surface area contributed by atoms with Gasteiger partial charge in [0.05, 0.1) is 38.2 Å². The van der Waals surface area contributed by atoms with Crippen molar-refractivity contribution in [2.24, 2.45) is 0 Å². The van der Waals surface area contributed by atoms with Gasteiger partial charge < -0.3 is 18.6 Å². The molecule has 0 N–H and O–H groups in total. The molecule has 32 heavy (non-hydrogen) atoms. The maximum Gasteiger partial charge on any atom is 0.310 e. The minimum absolute atomic E-state index is 0.118. The molecule has 4 aromatic rings. The van der Waals surface area contributed by atoms with E-state index in [9.17, 15) is 4.79 Å². The lowest BCUT2D eigenvalue weighted by Gasteiger charge is -2.10. The van der Waals surface area contributed by atoms with E-state index in [4.69, 9.17) is 18.6 Å². The number of carbonyl (C=O) groups is 1. The van der Waals surface area contributed by atoms with Crippen molar-refractivity contribution in [1.82, 2.24) is 4.98 Å². The van der Waals surface area contributed by atoms with Crippen LogP contribution in [0, 0.1) is 0 Å². The minimum atomic E-state index is -0.304. The molecule has 0 unspecified atom stereocenters. The van der Waals surface area contributed by atoms with Gasteiger partial charge in [0.2, 0.25) is 0 Å². The number of aryl methyl sites for hydroxylation is 2. The molecule has 2 heterocycles. The second-order valence-electron chi connectivity index (χ2n) is 7.75. The highest BCUT2D eigenvalue weighted by Crippen LogP contribution is 2.39. The Bertz CT molecular complexity index is 1290. The highest BCUT2D eigenvalue weighted by atomic mass is 32.1. The molecule has 2 aromatic carbocycles.